The summed E-state index contributed by atoms with van der Waals surface area (Å²) in [6.45, 7) is 25.4. The number of carbonyl (C=O) groups excluding carboxylic acids is 1. The van der Waals surface area contributed by atoms with Gasteiger partial charge in [0.1, 0.15) is 0 Å². The van der Waals surface area contributed by atoms with Crippen molar-refractivity contribution in [3.8, 4) is 0 Å². The molecule has 1 fully saturated rings. The molecule has 2 aromatic rings. The SMILES string of the molecule is CCCCCC(O[Si](C)(C)C(C)(C)C)c1ccc([C@@H]2[C@@H](Cc3cccc(CCC(=O)OC)c3)[C@@H](O)C[C@H]2O[Si](C)(C)C(C)(C)C)cc1. The normalized spacial score (nSPS) is 21.6. The summed E-state index contributed by atoms with van der Waals surface area (Å²) in [5.74, 6) is -0.0971. The molecule has 0 aromatic heterocycles. The van der Waals surface area contributed by atoms with Crippen molar-refractivity contribution in [1.82, 2.24) is 0 Å². The minimum absolute atomic E-state index is 0.0234. The van der Waals surface area contributed by atoms with E-state index in [-0.39, 0.29) is 40.1 Å². The number of aliphatic hydroxyl groups is 1. The van der Waals surface area contributed by atoms with Crippen molar-refractivity contribution in [3.63, 3.8) is 0 Å². The number of rotatable bonds is 15. The van der Waals surface area contributed by atoms with Crippen LogP contribution in [0.25, 0.3) is 0 Å². The van der Waals surface area contributed by atoms with Crippen LogP contribution in [0.2, 0.25) is 36.3 Å². The molecule has 1 unspecified atom stereocenters. The molecule has 1 aliphatic carbocycles. The van der Waals surface area contributed by atoms with E-state index in [1.807, 2.05) is 0 Å². The lowest BCUT2D eigenvalue weighted by atomic mass is 9.82. The summed E-state index contributed by atoms with van der Waals surface area (Å²) in [6.07, 6.45) is 6.59. The molecular formula is C40H66O5Si2. The van der Waals surface area contributed by atoms with Crippen LogP contribution in [0.1, 0.15) is 121 Å². The first-order chi connectivity index (χ1) is 21.8. The molecule has 0 amide bonds. The molecule has 1 saturated carbocycles. The Morgan fingerprint density at radius 2 is 1.53 bits per heavy atom. The van der Waals surface area contributed by atoms with Gasteiger partial charge >= 0.3 is 5.97 Å². The Kier molecular flexibility index (Phi) is 13.7. The highest BCUT2D eigenvalue weighted by molar-refractivity contribution is 6.74. The molecule has 0 spiro atoms. The first kappa shape index (κ1) is 39.7. The molecule has 0 heterocycles. The lowest BCUT2D eigenvalue weighted by Crippen LogP contribution is -2.44. The molecule has 2 aromatic carbocycles. The number of aryl methyl sites for hydroxylation is 1. The Balaban J connectivity index is 1.97. The van der Waals surface area contributed by atoms with Crippen molar-refractivity contribution >= 4 is 22.6 Å². The Hall–Kier alpha value is -1.78. The quantitative estimate of drug-likeness (QED) is 0.115. The van der Waals surface area contributed by atoms with Gasteiger partial charge in [0.15, 0.2) is 16.6 Å². The van der Waals surface area contributed by atoms with Crippen molar-refractivity contribution in [1.29, 1.82) is 0 Å². The van der Waals surface area contributed by atoms with Crippen LogP contribution in [0.4, 0.5) is 0 Å². The van der Waals surface area contributed by atoms with E-state index in [0.717, 1.165) is 24.8 Å². The fourth-order valence-electron chi connectivity index (χ4n) is 6.35. The third-order valence-corrected chi connectivity index (χ3v) is 20.4. The number of unbranched alkanes of at least 4 members (excludes halogenated alkanes) is 2. The monoisotopic (exact) mass is 682 g/mol. The lowest BCUT2D eigenvalue weighted by molar-refractivity contribution is -0.140. The lowest BCUT2D eigenvalue weighted by Gasteiger charge is -2.40. The fraction of sp³-hybridized carbons (Fsp3) is 0.675. The van der Waals surface area contributed by atoms with Gasteiger partial charge in [0.25, 0.3) is 0 Å². The molecule has 47 heavy (non-hydrogen) atoms. The van der Waals surface area contributed by atoms with E-state index in [1.54, 1.807) is 0 Å². The van der Waals surface area contributed by atoms with E-state index in [0.29, 0.717) is 19.3 Å². The highest BCUT2D eigenvalue weighted by atomic mass is 28.4. The van der Waals surface area contributed by atoms with E-state index >= 15 is 0 Å². The second kappa shape index (κ2) is 16.3. The average Bonchev–Trinajstić information content (AvgIpc) is 3.27. The molecule has 5 nitrogen and oxygen atoms in total. The van der Waals surface area contributed by atoms with Gasteiger partial charge in [0, 0.05) is 12.3 Å². The molecule has 5 atom stereocenters. The van der Waals surface area contributed by atoms with E-state index in [1.165, 1.54) is 36.6 Å². The largest absolute Gasteiger partial charge is 0.469 e. The number of hydrogen-bond acceptors (Lipinski definition) is 5. The van der Waals surface area contributed by atoms with Crippen LogP contribution in [0.3, 0.4) is 0 Å². The predicted molar refractivity (Wildman–Crippen MR) is 201 cm³/mol. The van der Waals surface area contributed by atoms with Crippen LogP contribution >= 0.6 is 0 Å². The van der Waals surface area contributed by atoms with Crippen molar-refractivity contribution in [2.75, 3.05) is 7.11 Å². The van der Waals surface area contributed by atoms with E-state index in [2.05, 4.69) is 123 Å². The summed E-state index contributed by atoms with van der Waals surface area (Å²) in [6, 6.07) is 17.6. The number of esters is 1. The van der Waals surface area contributed by atoms with Gasteiger partial charge in [-0.1, -0.05) is 116 Å². The smallest absolute Gasteiger partial charge is 0.305 e. The first-order valence-corrected chi connectivity index (χ1v) is 23.9. The predicted octanol–water partition coefficient (Wildman–Crippen LogP) is 10.5. The first-order valence-electron chi connectivity index (χ1n) is 18.1. The molecule has 264 valence electrons. The van der Waals surface area contributed by atoms with Gasteiger partial charge in [0.2, 0.25) is 0 Å². The summed E-state index contributed by atoms with van der Waals surface area (Å²) in [7, 11) is -2.62. The maximum Gasteiger partial charge on any atom is 0.305 e. The van der Waals surface area contributed by atoms with E-state index < -0.39 is 22.7 Å². The highest BCUT2D eigenvalue weighted by Gasteiger charge is 2.48. The van der Waals surface area contributed by atoms with Crippen LogP contribution < -0.4 is 0 Å². The molecule has 0 radical (unpaired) electrons. The minimum Gasteiger partial charge on any atom is -0.469 e. The van der Waals surface area contributed by atoms with Gasteiger partial charge in [0.05, 0.1) is 25.4 Å². The zero-order valence-electron chi connectivity index (χ0n) is 31.7. The Labute approximate surface area is 289 Å². The van der Waals surface area contributed by atoms with Crippen molar-refractivity contribution < 1.29 is 23.5 Å². The third-order valence-electron chi connectivity index (χ3n) is 11.4. The minimum atomic E-state index is -2.09. The molecule has 1 N–H and O–H groups in total. The molecule has 7 heteroatoms. The number of aliphatic hydroxyl groups excluding tert-OH is 1. The third kappa shape index (κ3) is 10.6. The van der Waals surface area contributed by atoms with Gasteiger partial charge in [-0.2, -0.15) is 0 Å². The second-order valence-corrected chi connectivity index (χ2v) is 26.6. The fourth-order valence-corrected chi connectivity index (χ4v) is 9.02. The molecule has 0 saturated heterocycles. The average molecular weight is 683 g/mol. The standard InChI is InChI=1S/C40H66O5Si2/c1-13-14-15-19-35(44-46(9,10)39(2,3)4)31-21-23-32(24-22-31)38-33(34(41)28-36(38)45-47(11,12)40(5,6)7)27-30-18-16-17-29(26-30)20-25-37(42)43-8/h16-18,21-24,26,33-36,38,41H,13-15,19-20,25,27-28H2,1-12H3/t33-,34-,35?,36+,38+/m0/s1. The summed E-state index contributed by atoms with van der Waals surface area (Å²) in [5.41, 5.74) is 4.79. The van der Waals surface area contributed by atoms with Gasteiger partial charge in [-0.3, -0.25) is 4.79 Å². The van der Waals surface area contributed by atoms with Crippen LogP contribution in [-0.4, -0.2) is 47.0 Å². The number of carbonyl (C=O) groups is 1. The van der Waals surface area contributed by atoms with Crippen LogP contribution in [0, 0.1) is 5.92 Å². The Morgan fingerprint density at radius 1 is 0.915 bits per heavy atom. The van der Waals surface area contributed by atoms with Gasteiger partial charge in [-0.25, -0.2) is 0 Å². The topological polar surface area (TPSA) is 65.0 Å². The highest BCUT2D eigenvalue weighted by Crippen LogP contribution is 2.48. The molecule has 3 rings (SSSR count). The summed E-state index contributed by atoms with van der Waals surface area (Å²) in [4.78, 5) is 11.8. The van der Waals surface area contributed by atoms with E-state index in [9.17, 15) is 9.90 Å². The Bertz CT molecular complexity index is 1270. The van der Waals surface area contributed by atoms with Crippen LogP contribution in [0.15, 0.2) is 48.5 Å². The van der Waals surface area contributed by atoms with Crippen LogP contribution in [-0.2, 0) is 31.2 Å². The zero-order valence-corrected chi connectivity index (χ0v) is 33.7. The number of hydrogen-bond donors (Lipinski definition) is 1. The van der Waals surface area contributed by atoms with Crippen molar-refractivity contribution in [2.45, 2.75) is 160 Å². The molecule has 1 aliphatic rings. The van der Waals surface area contributed by atoms with Crippen molar-refractivity contribution in [2.24, 2.45) is 5.92 Å². The maximum absolute atomic E-state index is 11.8. The number of methoxy groups -OCH3 is 1. The molecular weight excluding hydrogens is 617 g/mol. The molecule has 0 bridgehead atoms. The van der Waals surface area contributed by atoms with Gasteiger partial charge < -0.3 is 18.7 Å². The number of benzene rings is 2. The maximum atomic E-state index is 11.8. The summed E-state index contributed by atoms with van der Waals surface area (Å²) < 4.78 is 19.0. The van der Waals surface area contributed by atoms with Gasteiger partial charge in [-0.15, -0.1) is 0 Å². The second-order valence-electron chi connectivity index (χ2n) is 17.0. The summed E-state index contributed by atoms with van der Waals surface area (Å²) >= 11 is 0. The molecule has 0 aliphatic heterocycles. The van der Waals surface area contributed by atoms with Crippen molar-refractivity contribution in [3.05, 3.63) is 70.8 Å². The summed E-state index contributed by atoms with van der Waals surface area (Å²) in [5, 5.41) is 11.9. The van der Waals surface area contributed by atoms with E-state index in [4.69, 9.17) is 13.6 Å². The number of ether oxygens (including phenoxy) is 1. The Morgan fingerprint density at radius 3 is 2.11 bits per heavy atom. The zero-order chi connectivity index (χ0) is 35.2. The van der Waals surface area contributed by atoms with Gasteiger partial charge in [-0.05, 0) is 90.1 Å². The van der Waals surface area contributed by atoms with Crippen LogP contribution in [0.5, 0.6) is 0 Å².